The summed E-state index contributed by atoms with van der Waals surface area (Å²) >= 11 is 0. The molecule has 0 amide bonds. The van der Waals surface area contributed by atoms with E-state index in [1.807, 2.05) is 13.8 Å². The van der Waals surface area contributed by atoms with Gasteiger partial charge in [-0.25, -0.2) is 12.8 Å². The second-order valence-corrected chi connectivity index (χ2v) is 7.93. The molecule has 1 atom stereocenters. The van der Waals surface area contributed by atoms with Crippen molar-refractivity contribution in [3.8, 4) is 0 Å². The molecule has 1 fully saturated rings. The summed E-state index contributed by atoms with van der Waals surface area (Å²) in [5.74, 6) is -0.382. The topological polar surface area (TPSA) is 46.6 Å². The fraction of sp³-hybridized carbons (Fsp3) is 0.333. The molecule has 0 aromatic heterocycles. The second kappa shape index (κ2) is 6.63. The second-order valence-electron chi connectivity index (χ2n) is 5.99. The summed E-state index contributed by atoms with van der Waals surface area (Å²) in [6.45, 7) is 4.43. The number of ether oxygens (including phenoxy) is 1. The molecule has 1 unspecified atom stereocenters. The summed E-state index contributed by atoms with van der Waals surface area (Å²) in [5, 5.41) is 0. The highest BCUT2D eigenvalue weighted by atomic mass is 32.2. The van der Waals surface area contributed by atoms with Crippen molar-refractivity contribution in [3.63, 3.8) is 0 Å². The molecule has 2 aromatic carbocycles. The molecule has 24 heavy (non-hydrogen) atoms. The summed E-state index contributed by atoms with van der Waals surface area (Å²) in [6.07, 6.45) is -0.596. The van der Waals surface area contributed by atoms with E-state index in [-0.39, 0.29) is 30.4 Å². The van der Waals surface area contributed by atoms with Crippen molar-refractivity contribution in [3.05, 3.63) is 65.0 Å². The largest absolute Gasteiger partial charge is 0.371 e. The van der Waals surface area contributed by atoms with Crippen molar-refractivity contribution in [2.24, 2.45) is 0 Å². The van der Waals surface area contributed by atoms with Crippen LogP contribution in [0.4, 0.5) is 4.39 Å². The van der Waals surface area contributed by atoms with Crippen LogP contribution < -0.4 is 0 Å². The molecule has 0 aliphatic carbocycles. The molecule has 0 bridgehead atoms. The van der Waals surface area contributed by atoms with Crippen LogP contribution in [0.25, 0.3) is 0 Å². The average Bonchev–Trinajstić information content (AvgIpc) is 2.58. The molecular weight excluding hydrogens is 329 g/mol. The van der Waals surface area contributed by atoms with Crippen LogP contribution in [0.3, 0.4) is 0 Å². The van der Waals surface area contributed by atoms with Gasteiger partial charge in [0.15, 0.2) is 0 Å². The molecule has 0 N–H and O–H groups in total. The normalized spacial score (nSPS) is 19.4. The minimum Gasteiger partial charge on any atom is -0.371 e. The molecule has 1 heterocycles. The summed E-state index contributed by atoms with van der Waals surface area (Å²) in [5.41, 5.74) is 2.35. The highest BCUT2D eigenvalue weighted by molar-refractivity contribution is 7.89. The van der Waals surface area contributed by atoms with Crippen molar-refractivity contribution in [1.82, 2.24) is 4.31 Å². The van der Waals surface area contributed by atoms with Crippen LogP contribution in [0.2, 0.25) is 0 Å². The maximum absolute atomic E-state index is 14.0. The van der Waals surface area contributed by atoms with E-state index in [4.69, 9.17) is 4.74 Å². The van der Waals surface area contributed by atoms with Gasteiger partial charge in [0.2, 0.25) is 10.0 Å². The van der Waals surface area contributed by atoms with Gasteiger partial charge in [-0.2, -0.15) is 4.31 Å². The Morgan fingerprint density at radius 2 is 1.88 bits per heavy atom. The number of nitrogens with zero attached hydrogens (tertiary/aromatic N) is 1. The van der Waals surface area contributed by atoms with Gasteiger partial charge in [0.05, 0.1) is 17.6 Å². The lowest BCUT2D eigenvalue weighted by Gasteiger charge is -2.32. The minimum absolute atomic E-state index is 0.107. The summed E-state index contributed by atoms with van der Waals surface area (Å²) in [7, 11) is -3.62. The number of rotatable bonds is 3. The first-order chi connectivity index (χ1) is 11.4. The molecule has 0 saturated carbocycles. The van der Waals surface area contributed by atoms with Crippen LogP contribution in [-0.4, -0.2) is 32.4 Å². The first kappa shape index (κ1) is 17.1. The van der Waals surface area contributed by atoms with E-state index in [0.29, 0.717) is 5.56 Å². The van der Waals surface area contributed by atoms with Crippen molar-refractivity contribution >= 4 is 10.0 Å². The predicted molar refractivity (Wildman–Crippen MR) is 89.8 cm³/mol. The first-order valence-corrected chi connectivity index (χ1v) is 9.27. The molecule has 6 heteroatoms. The maximum Gasteiger partial charge on any atom is 0.243 e. The average molecular weight is 349 g/mol. The lowest BCUT2D eigenvalue weighted by molar-refractivity contribution is -0.00442. The van der Waals surface area contributed by atoms with Gasteiger partial charge < -0.3 is 4.74 Å². The number of aryl methyl sites for hydroxylation is 2. The van der Waals surface area contributed by atoms with Gasteiger partial charge >= 0.3 is 0 Å². The number of sulfonamides is 1. The zero-order valence-electron chi connectivity index (χ0n) is 13.7. The Bertz CT molecular complexity index is 851. The molecule has 3 rings (SSSR count). The monoisotopic (exact) mass is 349 g/mol. The van der Waals surface area contributed by atoms with Crippen LogP contribution in [0, 0.1) is 19.7 Å². The van der Waals surface area contributed by atoms with Gasteiger partial charge in [-0.05, 0) is 43.2 Å². The van der Waals surface area contributed by atoms with Gasteiger partial charge in [0.25, 0.3) is 0 Å². The minimum atomic E-state index is -3.62. The van der Waals surface area contributed by atoms with Crippen LogP contribution in [0.1, 0.15) is 22.8 Å². The third-order valence-corrected chi connectivity index (χ3v) is 6.26. The maximum atomic E-state index is 14.0. The number of benzene rings is 2. The van der Waals surface area contributed by atoms with E-state index >= 15 is 0 Å². The Morgan fingerprint density at radius 3 is 2.58 bits per heavy atom. The van der Waals surface area contributed by atoms with E-state index in [0.717, 1.165) is 11.1 Å². The Kier molecular flexibility index (Phi) is 4.71. The third kappa shape index (κ3) is 3.22. The highest BCUT2D eigenvalue weighted by Crippen LogP contribution is 2.28. The number of morpholine rings is 1. The molecule has 1 aliphatic rings. The molecule has 0 radical (unpaired) electrons. The Balaban J connectivity index is 1.88. The molecule has 1 saturated heterocycles. The lowest BCUT2D eigenvalue weighted by atomic mass is 10.1. The zero-order chi connectivity index (χ0) is 17.3. The molecule has 2 aromatic rings. The smallest absolute Gasteiger partial charge is 0.243 e. The Hall–Kier alpha value is -1.76. The van der Waals surface area contributed by atoms with E-state index in [2.05, 4.69) is 0 Å². The van der Waals surface area contributed by atoms with E-state index in [1.165, 1.54) is 10.4 Å². The molecular formula is C18H20FNO3S. The fourth-order valence-electron chi connectivity index (χ4n) is 2.79. The molecule has 0 spiro atoms. The van der Waals surface area contributed by atoms with E-state index in [9.17, 15) is 12.8 Å². The standard InChI is InChI=1S/C18H20FNO3S/c1-13-7-8-15(11-14(13)2)24(21,22)20-9-10-23-18(12-20)16-5-3-4-6-17(16)19/h3-8,11,18H,9-10,12H2,1-2H3. The summed E-state index contributed by atoms with van der Waals surface area (Å²) < 4.78 is 46.7. The predicted octanol–water partition coefficient (Wildman–Crippen LogP) is 3.20. The zero-order valence-corrected chi connectivity index (χ0v) is 14.5. The van der Waals surface area contributed by atoms with Gasteiger partial charge in [0, 0.05) is 18.7 Å². The van der Waals surface area contributed by atoms with Gasteiger partial charge in [-0.15, -0.1) is 0 Å². The molecule has 128 valence electrons. The summed E-state index contributed by atoms with van der Waals surface area (Å²) in [4.78, 5) is 0.264. The SMILES string of the molecule is Cc1ccc(S(=O)(=O)N2CCOC(c3ccccc3F)C2)cc1C. The third-order valence-electron chi connectivity index (χ3n) is 4.40. The summed E-state index contributed by atoms with van der Waals surface area (Å²) in [6, 6.07) is 11.4. The van der Waals surface area contributed by atoms with E-state index in [1.54, 1.807) is 36.4 Å². The van der Waals surface area contributed by atoms with Crippen molar-refractivity contribution < 1.29 is 17.5 Å². The van der Waals surface area contributed by atoms with Crippen molar-refractivity contribution in [1.29, 1.82) is 0 Å². The lowest BCUT2D eigenvalue weighted by Crippen LogP contribution is -2.42. The van der Waals surface area contributed by atoms with Crippen LogP contribution in [0.15, 0.2) is 47.4 Å². The molecule has 1 aliphatic heterocycles. The van der Waals surface area contributed by atoms with E-state index < -0.39 is 16.1 Å². The van der Waals surface area contributed by atoms with Crippen LogP contribution >= 0.6 is 0 Å². The first-order valence-electron chi connectivity index (χ1n) is 7.83. The van der Waals surface area contributed by atoms with Gasteiger partial charge in [-0.1, -0.05) is 24.3 Å². The van der Waals surface area contributed by atoms with Gasteiger partial charge in [-0.3, -0.25) is 0 Å². The molecule has 4 nitrogen and oxygen atoms in total. The van der Waals surface area contributed by atoms with Crippen molar-refractivity contribution in [2.75, 3.05) is 19.7 Å². The quantitative estimate of drug-likeness (QED) is 0.855. The Morgan fingerprint density at radius 1 is 1.12 bits per heavy atom. The van der Waals surface area contributed by atoms with Crippen LogP contribution in [-0.2, 0) is 14.8 Å². The number of hydrogen-bond donors (Lipinski definition) is 0. The highest BCUT2D eigenvalue weighted by Gasteiger charge is 2.32. The Labute approximate surface area is 141 Å². The number of halogens is 1. The van der Waals surface area contributed by atoms with Crippen LogP contribution in [0.5, 0.6) is 0 Å². The number of hydrogen-bond acceptors (Lipinski definition) is 3. The van der Waals surface area contributed by atoms with Crippen molar-refractivity contribution in [2.45, 2.75) is 24.8 Å². The fourth-order valence-corrected chi connectivity index (χ4v) is 4.30. The van der Waals surface area contributed by atoms with Gasteiger partial charge in [0.1, 0.15) is 5.82 Å².